The van der Waals surface area contributed by atoms with Crippen LogP contribution in [0, 0.1) is 0 Å². The first-order valence-corrected chi connectivity index (χ1v) is 7.36. The molecule has 0 bridgehead atoms. The molecule has 0 aliphatic carbocycles. The minimum atomic E-state index is -0.800. The molecule has 2 heterocycles. The summed E-state index contributed by atoms with van der Waals surface area (Å²) in [4.78, 5) is 30.1. The van der Waals surface area contributed by atoms with E-state index in [1.807, 2.05) is 18.2 Å². The molecule has 0 aliphatic rings. The average Bonchev–Trinajstić information content (AvgIpc) is 2.83. The van der Waals surface area contributed by atoms with Gasteiger partial charge in [0.05, 0.1) is 12.6 Å². The second kappa shape index (κ2) is 5.54. The maximum atomic E-state index is 12.1. The standard InChI is InChI=1S/C14H13BrN4O3/c1-18-11-10(12(21)17-14(18)22)19(13(15)16-11)7-9(20)8-5-3-2-4-6-8/h2-6,9,20H,7H2,1H3,(H,17,21,22)/t9-/m1/s1. The van der Waals surface area contributed by atoms with Crippen LogP contribution < -0.4 is 11.2 Å². The number of imidazole rings is 1. The topological polar surface area (TPSA) is 92.9 Å². The van der Waals surface area contributed by atoms with Crippen LogP contribution in [0.2, 0.25) is 0 Å². The molecular weight excluding hydrogens is 352 g/mol. The number of nitrogens with zero attached hydrogens (tertiary/aromatic N) is 3. The summed E-state index contributed by atoms with van der Waals surface area (Å²) in [5.74, 6) is 0. The zero-order valence-electron chi connectivity index (χ0n) is 11.7. The zero-order valence-corrected chi connectivity index (χ0v) is 13.2. The number of aryl methyl sites for hydroxylation is 1. The molecule has 1 atom stereocenters. The Bertz CT molecular complexity index is 942. The minimum absolute atomic E-state index is 0.141. The molecule has 3 rings (SSSR count). The molecule has 0 radical (unpaired) electrons. The van der Waals surface area contributed by atoms with E-state index in [2.05, 4.69) is 25.9 Å². The fourth-order valence-electron chi connectivity index (χ4n) is 2.33. The first-order chi connectivity index (χ1) is 10.5. The van der Waals surface area contributed by atoms with Gasteiger partial charge in [0.15, 0.2) is 15.9 Å². The molecule has 0 aliphatic heterocycles. The van der Waals surface area contributed by atoms with Gasteiger partial charge in [-0.2, -0.15) is 0 Å². The highest BCUT2D eigenvalue weighted by atomic mass is 79.9. The lowest BCUT2D eigenvalue weighted by atomic mass is 10.1. The van der Waals surface area contributed by atoms with E-state index in [0.717, 1.165) is 5.56 Å². The van der Waals surface area contributed by atoms with Crippen molar-refractivity contribution in [2.45, 2.75) is 12.6 Å². The second-order valence-corrected chi connectivity index (χ2v) is 5.62. The van der Waals surface area contributed by atoms with Gasteiger partial charge in [-0.25, -0.2) is 9.78 Å². The second-order valence-electron chi connectivity index (χ2n) is 4.91. The summed E-state index contributed by atoms with van der Waals surface area (Å²) in [6, 6.07) is 9.13. The summed E-state index contributed by atoms with van der Waals surface area (Å²) in [5.41, 5.74) is 0.178. The lowest BCUT2D eigenvalue weighted by molar-refractivity contribution is 0.157. The normalized spacial score (nSPS) is 12.7. The number of nitrogens with one attached hydrogen (secondary N) is 1. The van der Waals surface area contributed by atoms with Crippen LogP contribution in [-0.4, -0.2) is 24.2 Å². The highest BCUT2D eigenvalue weighted by Gasteiger charge is 2.18. The fraction of sp³-hybridized carbons (Fsp3) is 0.214. The van der Waals surface area contributed by atoms with Crippen LogP contribution in [0.15, 0.2) is 44.7 Å². The first kappa shape index (κ1) is 14.7. The molecular formula is C14H13BrN4O3. The van der Waals surface area contributed by atoms with Crippen molar-refractivity contribution >= 4 is 27.1 Å². The molecule has 114 valence electrons. The Morgan fingerprint density at radius 2 is 2.00 bits per heavy atom. The molecule has 22 heavy (non-hydrogen) atoms. The number of aromatic amines is 1. The highest BCUT2D eigenvalue weighted by molar-refractivity contribution is 9.10. The van der Waals surface area contributed by atoms with Crippen molar-refractivity contribution < 1.29 is 5.11 Å². The molecule has 7 nitrogen and oxygen atoms in total. The van der Waals surface area contributed by atoms with E-state index in [1.165, 1.54) is 11.6 Å². The third-order valence-electron chi connectivity index (χ3n) is 3.50. The van der Waals surface area contributed by atoms with E-state index in [0.29, 0.717) is 4.73 Å². The van der Waals surface area contributed by atoms with Crippen molar-refractivity contribution in [3.05, 3.63) is 61.5 Å². The monoisotopic (exact) mass is 364 g/mol. The quantitative estimate of drug-likeness (QED) is 0.675. The summed E-state index contributed by atoms with van der Waals surface area (Å²) in [7, 11) is 1.53. The molecule has 0 spiro atoms. The van der Waals surface area contributed by atoms with E-state index >= 15 is 0 Å². The molecule has 1 aromatic carbocycles. The van der Waals surface area contributed by atoms with Crippen LogP contribution in [0.25, 0.3) is 11.2 Å². The third-order valence-corrected chi connectivity index (χ3v) is 4.11. The molecule has 0 saturated heterocycles. The van der Waals surface area contributed by atoms with Crippen molar-refractivity contribution in [2.24, 2.45) is 7.05 Å². The van der Waals surface area contributed by atoms with Gasteiger partial charge in [-0.15, -0.1) is 0 Å². The summed E-state index contributed by atoms with van der Waals surface area (Å²) in [6.07, 6.45) is -0.800. The molecule has 8 heteroatoms. The van der Waals surface area contributed by atoms with E-state index < -0.39 is 17.4 Å². The van der Waals surface area contributed by atoms with Gasteiger partial charge >= 0.3 is 5.69 Å². The number of aromatic nitrogens is 4. The molecule has 2 N–H and O–H groups in total. The minimum Gasteiger partial charge on any atom is -0.387 e. The number of benzene rings is 1. The van der Waals surface area contributed by atoms with Crippen molar-refractivity contribution in [1.82, 2.24) is 19.1 Å². The Kier molecular flexibility index (Phi) is 3.71. The number of aliphatic hydroxyl groups is 1. The molecule has 0 amide bonds. The molecule has 0 unspecified atom stereocenters. The number of H-pyrrole nitrogens is 1. The van der Waals surface area contributed by atoms with Gasteiger partial charge in [0.1, 0.15) is 0 Å². The van der Waals surface area contributed by atoms with Gasteiger partial charge in [-0.05, 0) is 21.5 Å². The van der Waals surface area contributed by atoms with Crippen LogP contribution in [-0.2, 0) is 13.6 Å². The van der Waals surface area contributed by atoms with Crippen molar-refractivity contribution in [1.29, 1.82) is 0 Å². The highest BCUT2D eigenvalue weighted by Crippen LogP contribution is 2.21. The van der Waals surface area contributed by atoms with Crippen LogP contribution in [0.5, 0.6) is 0 Å². The summed E-state index contributed by atoms with van der Waals surface area (Å²) in [6.45, 7) is 0.141. The van der Waals surface area contributed by atoms with Gasteiger partial charge in [0, 0.05) is 7.05 Å². The third kappa shape index (κ3) is 2.40. The van der Waals surface area contributed by atoms with E-state index in [9.17, 15) is 14.7 Å². The van der Waals surface area contributed by atoms with Crippen LogP contribution in [0.4, 0.5) is 0 Å². The SMILES string of the molecule is Cn1c(=O)[nH]c(=O)c2c1nc(Br)n2C[C@@H](O)c1ccccc1. The number of aliphatic hydroxyl groups excluding tert-OH is 1. The fourth-order valence-corrected chi connectivity index (χ4v) is 2.82. The van der Waals surface area contributed by atoms with Crippen LogP contribution in [0.1, 0.15) is 11.7 Å². The van der Waals surface area contributed by atoms with Crippen LogP contribution >= 0.6 is 15.9 Å². The molecule has 0 fully saturated rings. The Hall–Kier alpha value is -2.19. The number of fused-ring (bicyclic) bond motifs is 1. The number of hydrogen-bond acceptors (Lipinski definition) is 4. The number of rotatable bonds is 3. The van der Waals surface area contributed by atoms with Crippen LogP contribution in [0.3, 0.4) is 0 Å². The molecule has 0 saturated carbocycles. The van der Waals surface area contributed by atoms with Gasteiger partial charge in [0.25, 0.3) is 5.56 Å². The smallest absolute Gasteiger partial charge is 0.329 e. The maximum absolute atomic E-state index is 12.1. The Labute approximate surface area is 133 Å². The lowest BCUT2D eigenvalue weighted by Crippen LogP contribution is -2.29. The number of halogens is 1. The van der Waals surface area contributed by atoms with E-state index in [1.54, 1.807) is 16.7 Å². The predicted octanol–water partition coefficient (Wildman–Crippen LogP) is 0.919. The summed E-state index contributed by atoms with van der Waals surface area (Å²) >= 11 is 3.28. The maximum Gasteiger partial charge on any atom is 0.329 e. The van der Waals surface area contributed by atoms with E-state index in [4.69, 9.17) is 0 Å². The molecule has 3 aromatic rings. The first-order valence-electron chi connectivity index (χ1n) is 6.57. The number of hydrogen-bond donors (Lipinski definition) is 2. The lowest BCUT2D eigenvalue weighted by Gasteiger charge is -2.13. The Morgan fingerprint density at radius 1 is 1.32 bits per heavy atom. The van der Waals surface area contributed by atoms with Gasteiger partial charge in [-0.1, -0.05) is 30.3 Å². The molecule has 2 aromatic heterocycles. The summed E-state index contributed by atoms with van der Waals surface area (Å²) < 4.78 is 3.18. The Balaban J connectivity index is 2.12. The zero-order chi connectivity index (χ0) is 15.9. The van der Waals surface area contributed by atoms with Crippen molar-refractivity contribution in [3.63, 3.8) is 0 Å². The van der Waals surface area contributed by atoms with E-state index in [-0.39, 0.29) is 17.7 Å². The largest absolute Gasteiger partial charge is 0.387 e. The predicted molar refractivity (Wildman–Crippen MR) is 84.7 cm³/mol. The van der Waals surface area contributed by atoms with Gasteiger partial charge < -0.3 is 9.67 Å². The average molecular weight is 365 g/mol. The Morgan fingerprint density at radius 3 is 2.68 bits per heavy atom. The van der Waals surface area contributed by atoms with Gasteiger partial charge in [-0.3, -0.25) is 14.3 Å². The summed E-state index contributed by atoms with van der Waals surface area (Å²) in [5, 5.41) is 10.3. The van der Waals surface area contributed by atoms with Gasteiger partial charge in [0.2, 0.25) is 0 Å². The van der Waals surface area contributed by atoms with Crippen molar-refractivity contribution in [2.75, 3.05) is 0 Å². The van der Waals surface area contributed by atoms with Crippen molar-refractivity contribution in [3.8, 4) is 0 Å².